The fourth-order valence-corrected chi connectivity index (χ4v) is 4.39. The first kappa shape index (κ1) is 24.2. The van der Waals surface area contributed by atoms with E-state index in [2.05, 4.69) is 45.1 Å². The zero-order valence-electron chi connectivity index (χ0n) is 20.2. The Morgan fingerprint density at radius 1 is 0.941 bits per heavy atom. The normalized spacial score (nSPS) is 16.0. The molecule has 0 aliphatic carbocycles. The number of anilines is 1. The molecular weight excluding hydrogens is 424 g/mol. The van der Waals surface area contributed by atoms with Crippen LogP contribution in [0.4, 0.5) is 5.82 Å². The number of piperazine rings is 1. The number of aliphatic hydroxyl groups excluding tert-OH is 1. The van der Waals surface area contributed by atoms with Crippen molar-refractivity contribution in [1.29, 1.82) is 0 Å². The fraction of sp³-hybridized carbons (Fsp3) is 0.393. The Hall–Kier alpha value is -2.93. The second-order valence-corrected chi connectivity index (χ2v) is 9.26. The lowest BCUT2D eigenvalue weighted by Gasteiger charge is -2.35. The van der Waals surface area contributed by atoms with Crippen molar-refractivity contribution in [2.75, 3.05) is 45.0 Å². The maximum Gasteiger partial charge on any atom is 0.129 e. The third-order valence-electron chi connectivity index (χ3n) is 6.26. The lowest BCUT2D eigenvalue weighted by Crippen LogP contribution is -2.47. The van der Waals surface area contributed by atoms with Crippen LogP contribution in [0.25, 0.3) is 11.3 Å². The molecule has 0 spiro atoms. The van der Waals surface area contributed by atoms with Crippen LogP contribution in [0.5, 0.6) is 5.75 Å². The average molecular weight is 461 g/mol. The smallest absolute Gasteiger partial charge is 0.129 e. The summed E-state index contributed by atoms with van der Waals surface area (Å²) in [6.45, 7) is 9.68. The summed E-state index contributed by atoms with van der Waals surface area (Å²) in [7, 11) is 0. The summed E-state index contributed by atoms with van der Waals surface area (Å²) in [5.41, 5.74) is 9.77. The van der Waals surface area contributed by atoms with E-state index < -0.39 is 6.10 Å². The molecule has 1 aliphatic heterocycles. The van der Waals surface area contributed by atoms with Crippen molar-refractivity contribution in [2.24, 2.45) is 0 Å². The molecule has 3 N–H and O–H groups in total. The molecular formula is C28H36N4O2. The Kier molecular flexibility index (Phi) is 8.16. The van der Waals surface area contributed by atoms with Gasteiger partial charge in [0, 0.05) is 44.8 Å². The number of nitrogens with two attached hydrogens (primary N) is 1. The third-order valence-corrected chi connectivity index (χ3v) is 6.26. The minimum Gasteiger partial charge on any atom is -0.490 e. The van der Waals surface area contributed by atoms with Gasteiger partial charge in [0.15, 0.2) is 0 Å². The van der Waals surface area contributed by atoms with Crippen LogP contribution in [0.2, 0.25) is 0 Å². The SMILES string of the molecule is CC(C)Oc1cc(C(O)CN2CCN(CCc3ccccc3)CC2)ccc1-c1cccc(N)n1. The van der Waals surface area contributed by atoms with Gasteiger partial charge >= 0.3 is 0 Å². The summed E-state index contributed by atoms with van der Waals surface area (Å²) in [6.07, 6.45) is 0.514. The summed E-state index contributed by atoms with van der Waals surface area (Å²) in [5, 5.41) is 11.0. The van der Waals surface area contributed by atoms with Crippen molar-refractivity contribution in [3.63, 3.8) is 0 Å². The Labute approximate surface area is 203 Å². The van der Waals surface area contributed by atoms with Gasteiger partial charge in [0.1, 0.15) is 11.6 Å². The molecule has 0 radical (unpaired) electrons. The molecule has 0 bridgehead atoms. The standard InChI is InChI=1S/C28H36N4O2/c1-21(2)34-27-19-23(11-12-24(27)25-9-6-10-28(29)30-25)26(33)20-32-17-15-31(16-18-32)14-13-22-7-4-3-5-8-22/h3-12,19,21,26,33H,13-18,20H2,1-2H3,(H2,29,30). The van der Waals surface area contributed by atoms with Crippen LogP contribution in [0, 0.1) is 0 Å². The lowest BCUT2D eigenvalue weighted by atomic mass is 10.0. The van der Waals surface area contributed by atoms with Crippen LogP contribution in [-0.2, 0) is 6.42 Å². The predicted octanol–water partition coefficient (Wildman–Crippen LogP) is 4.01. The van der Waals surface area contributed by atoms with E-state index in [1.54, 1.807) is 6.07 Å². The molecule has 4 rings (SSSR count). The summed E-state index contributed by atoms with van der Waals surface area (Å²) in [4.78, 5) is 9.30. The zero-order chi connectivity index (χ0) is 23.9. The highest BCUT2D eigenvalue weighted by Gasteiger charge is 2.21. The van der Waals surface area contributed by atoms with Gasteiger partial charge in [-0.05, 0) is 55.7 Å². The molecule has 0 amide bonds. The minimum absolute atomic E-state index is 0.0103. The number of pyridine rings is 1. The highest BCUT2D eigenvalue weighted by Crippen LogP contribution is 2.33. The highest BCUT2D eigenvalue weighted by molar-refractivity contribution is 5.69. The van der Waals surface area contributed by atoms with E-state index in [0.29, 0.717) is 12.4 Å². The second-order valence-electron chi connectivity index (χ2n) is 9.26. The summed E-state index contributed by atoms with van der Waals surface area (Å²) in [5.74, 6) is 1.19. The Morgan fingerprint density at radius 2 is 1.68 bits per heavy atom. The number of aliphatic hydroxyl groups is 1. The number of benzene rings is 2. The molecule has 3 aromatic rings. The molecule has 6 heteroatoms. The lowest BCUT2D eigenvalue weighted by molar-refractivity contribution is 0.0728. The van der Waals surface area contributed by atoms with Gasteiger partial charge in [-0.1, -0.05) is 42.5 Å². The maximum atomic E-state index is 11.0. The van der Waals surface area contributed by atoms with E-state index in [1.807, 2.05) is 44.2 Å². The molecule has 34 heavy (non-hydrogen) atoms. The number of rotatable bonds is 9. The van der Waals surface area contributed by atoms with Crippen molar-refractivity contribution in [1.82, 2.24) is 14.8 Å². The molecule has 1 aromatic heterocycles. The van der Waals surface area contributed by atoms with Gasteiger partial charge < -0.3 is 20.5 Å². The summed E-state index contributed by atoms with van der Waals surface area (Å²) in [6, 6.07) is 22.1. The topological polar surface area (TPSA) is 74.9 Å². The molecule has 6 nitrogen and oxygen atoms in total. The van der Waals surface area contributed by atoms with E-state index in [-0.39, 0.29) is 6.10 Å². The first-order valence-electron chi connectivity index (χ1n) is 12.2. The van der Waals surface area contributed by atoms with Crippen molar-refractivity contribution < 1.29 is 9.84 Å². The van der Waals surface area contributed by atoms with Crippen molar-refractivity contribution in [3.8, 4) is 17.0 Å². The monoisotopic (exact) mass is 460 g/mol. The van der Waals surface area contributed by atoms with Gasteiger partial charge in [0.2, 0.25) is 0 Å². The molecule has 0 saturated carbocycles. The first-order chi connectivity index (χ1) is 16.5. The van der Waals surface area contributed by atoms with Gasteiger partial charge in [-0.3, -0.25) is 4.90 Å². The van der Waals surface area contributed by atoms with Crippen LogP contribution in [0.1, 0.15) is 31.1 Å². The van der Waals surface area contributed by atoms with Gasteiger partial charge in [-0.15, -0.1) is 0 Å². The van der Waals surface area contributed by atoms with Crippen LogP contribution < -0.4 is 10.5 Å². The quantitative estimate of drug-likeness (QED) is 0.503. The van der Waals surface area contributed by atoms with Gasteiger partial charge in [0.05, 0.1) is 17.9 Å². The molecule has 1 fully saturated rings. The first-order valence-corrected chi connectivity index (χ1v) is 12.2. The highest BCUT2D eigenvalue weighted by atomic mass is 16.5. The Bertz CT molecular complexity index is 1050. The van der Waals surface area contributed by atoms with E-state index in [0.717, 1.165) is 61.7 Å². The van der Waals surface area contributed by atoms with E-state index >= 15 is 0 Å². The maximum absolute atomic E-state index is 11.0. The second kappa shape index (κ2) is 11.5. The number of hydrogen-bond acceptors (Lipinski definition) is 6. The molecule has 1 aliphatic rings. The molecule has 1 unspecified atom stereocenters. The van der Waals surface area contributed by atoms with Crippen LogP contribution in [-0.4, -0.2) is 65.3 Å². The largest absolute Gasteiger partial charge is 0.490 e. The van der Waals surface area contributed by atoms with Crippen molar-refractivity contribution >= 4 is 5.82 Å². The van der Waals surface area contributed by atoms with E-state index in [9.17, 15) is 5.11 Å². The number of nitrogens with zero attached hydrogens (tertiary/aromatic N) is 3. The molecule has 1 atom stereocenters. The number of β-amino-alcohol motifs (C(OH)–C–C–N with tert-alkyl or cyclic N) is 1. The molecule has 180 valence electrons. The fourth-order valence-electron chi connectivity index (χ4n) is 4.39. The van der Waals surface area contributed by atoms with Gasteiger partial charge in [-0.2, -0.15) is 0 Å². The van der Waals surface area contributed by atoms with Crippen LogP contribution >= 0.6 is 0 Å². The Morgan fingerprint density at radius 3 is 2.38 bits per heavy atom. The van der Waals surface area contributed by atoms with Gasteiger partial charge in [-0.25, -0.2) is 4.98 Å². The zero-order valence-corrected chi connectivity index (χ0v) is 20.2. The third kappa shape index (κ3) is 6.56. The number of nitrogen functional groups attached to an aromatic ring is 1. The molecule has 2 aromatic carbocycles. The van der Waals surface area contributed by atoms with Crippen molar-refractivity contribution in [3.05, 3.63) is 77.9 Å². The Balaban J connectivity index is 1.36. The predicted molar refractivity (Wildman–Crippen MR) is 138 cm³/mol. The number of hydrogen-bond donors (Lipinski definition) is 2. The van der Waals surface area contributed by atoms with Crippen LogP contribution in [0.3, 0.4) is 0 Å². The molecule has 1 saturated heterocycles. The minimum atomic E-state index is -0.576. The average Bonchev–Trinajstić information content (AvgIpc) is 2.84. The number of aromatic nitrogens is 1. The number of ether oxygens (including phenoxy) is 1. The summed E-state index contributed by atoms with van der Waals surface area (Å²) >= 11 is 0. The van der Waals surface area contributed by atoms with E-state index in [4.69, 9.17) is 10.5 Å². The van der Waals surface area contributed by atoms with Crippen LogP contribution in [0.15, 0.2) is 66.7 Å². The van der Waals surface area contributed by atoms with E-state index in [1.165, 1.54) is 5.56 Å². The van der Waals surface area contributed by atoms with Gasteiger partial charge in [0.25, 0.3) is 0 Å². The van der Waals surface area contributed by atoms with Crippen molar-refractivity contribution in [2.45, 2.75) is 32.5 Å². The summed E-state index contributed by atoms with van der Waals surface area (Å²) < 4.78 is 6.09. The molecule has 2 heterocycles.